The lowest BCUT2D eigenvalue weighted by molar-refractivity contribution is 0.318. The summed E-state index contributed by atoms with van der Waals surface area (Å²) in [5.41, 5.74) is 6.58. The Morgan fingerprint density at radius 3 is 2.75 bits per heavy atom. The molecule has 1 aromatic carbocycles. The SMILES string of the molecule is CCSc1cccc(Sc2nnc(C)s2)c1/C(N)=N/O. The Hall–Kier alpha value is -1.25. The number of benzene rings is 1. The molecular weight excluding hydrogens is 312 g/mol. The van der Waals surface area contributed by atoms with Gasteiger partial charge in [0.1, 0.15) is 5.01 Å². The average molecular weight is 326 g/mol. The summed E-state index contributed by atoms with van der Waals surface area (Å²) in [6, 6.07) is 5.87. The van der Waals surface area contributed by atoms with Crippen LogP contribution in [0.15, 0.2) is 37.5 Å². The van der Waals surface area contributed by atoms with Crippen LogP contribution in [-0.4, -0.2) is 27.0 Å². The largest absolute Gasteiger partial charge is 0.409 e. The molecule has 0 spiro atoms. The van der Waals surface area contributed by atoms with Gasteiger partial charge in [0.15, 0.2) is 10.2 Å². The first-order chi connectivity index (χ1) is 9.65. The van der Waals surface area contributed by atoms with Crippen molar-refractivity contribution in [2.45, 2.75) is 28.0 Å². The van der Waals surface area contributed by atoms with E-state index in [1.54, 1.807) is 11.8 Å². The Bertz CT molecular complexity index is 627. The van der Waals surface area contributed by atoms with E-state index in [0.717, 1.165) is 30.5 Å². The van der Waals surface area contributed by atoms with Crippen LogP contribution in [0.2, 0.25) is 0 Å². The minimum absolute atomic E-state index is 0.116. The molecule has 1 heterocycles. The van der Waals surface area contributed by atoms with E-state index in [9.17, 15) is 0 Å². The second kappa shape index (κ2) is 6.96. The summed E-state index contributed by atoms with van der Waals surface area (Å²) in [6.07, 6.45) is 0. The van der Waals surface area contributed by atoms with Gasteiger partial charge in [0.25, 0.3) is 0 Å². The maximum absolute atomic E-state index is 8.99. The zero-order valence-electron chi connectivity index (χ0n) is 11.0. The third kappa shape index (κ3) is 3.44. The number of hydrogen-bond acceptors (Lipinski definition) is 7. The van der Waals surface area contributed by atoms with Crippen molar-refractivity contribution in [1.29, 1.82) is 0 Å². The zero-order valence-corrected chi connectivity index (χ0v) is 13.5. The van der Waals surface area contributed by atoms with Crippen LogP contribution in [0.5, 0.6) is 0 Å². The quantitative estimate of drug-likeness (QED) is 0.288. The lowest BCUT2D eigenvalue weighted by atomic mass is 10.2. The van der Waals surface area contributed by atoms with E-state index in [4.69, 9.17) is 10.9 Å². The first kappa shape index (κ1) is 15.1. The summed E-state index contributed by atoms with van der Waals surface area (Å²) in [5, 5.41) is 21.1. The van der Waals surface area contributed by atoms with Crippen molar-refractivity contribution >= 4 is 40.7 Å². The van der Waals surface area contributed by atoms with Gasteiger partial charge in [0.2, 0.25) is 0 Å². The third-order valence-corrected chi connectivity index (χ3v) is 5.25. The molecule has 0 aliphatic rings. The molecule has 0 atom stereocenters. The van der Waals surface area contributed by atoms with Crippen LogP contribution in [0.3, 0.4) is 0 Å². The summed E-state index contributed by atoms with van der Waals surface area (Å²) >= 11 is 4.66. The molecule has 0 bridgehead atoms. The molecule has 0 amide bonds. The molecule has 5 nitrogen and oxygen atoms in total. The highest BCUT2D eigenvalue weighted by Gasteiger charge is 2.15. The topological polar surface area (TPSA) is 84.4 Å². The van der Waals surface area contributed by atoms with E-state index < -0.39 is 0 Å². The summed E-state index contributed by atoms with van der Waals surface area (Å²) < 4.78 is 0.841. The normalized spacial score (nSPS) is 11.8. The van der Waals surface area contributed by atoms with Crippen LogP contribution in [0, 0.1) is 6.92 Å². The van der Waals surface area contributed by atoms with Gasteiger partial charge in [-0.3, -0.25) is 0 Å². The second-order valence-electron chi connectivity index (χ2n) is 3.74. The molecule has 0 saturated heterocycles. The predicted molar refractivity (Wildman–Crippen MR) is 84.1 cm³/mol. The van der Waals surface area contributed by atoms with Gasteiger partial charge in [-0.1, -0.05) is 41.2 Å². The van der Waals surface area contributed by atoms with Crippen molar-refractivity contribution in [3.05, 3.63) is 28.8 Å². The minimum Gasteiger partial charge on any atom is -0.409 e. The smallest absolute Gasteiger partial charge is 0.179 e. The number of oxime groups is 1. The molecule has 2 rings (SSSR count). The molecule has 0 radical (unpaired) electrons. The first-order valence-corrected chi connectivity index (χ1v) is 8.49. The van der Waals surface area contributed by atoms with E-state index in [1.165, 1.54) is 23.1 Å². The van der Waals surface area contributed by atoms with E-state index in [2.05, 4.69) is 22.3 Å². The molecule has 0 aliphatic heterocycles. The van der Waals surface area contributed by atoms with E-state index >= 15 is 0 Å². The Balaban J connectivity index is 2.43. The fourth-order valence-corrected chi connectivity index (χ4v) is 4.44. The maximum atomic E-state index is 8.99. The first-order valence-electron chi connectivity index (χ1n) is 5.87. The van der Waals surface area contributed by atoms with E-state index in [0.29, 0.717) is 0 Å². The molecule has 0 aliphatic carbocycles. The fraction of sp³-hybridized carbons (Fsp3) is 0.250. The zero-order chi connectivity index (χ0) is 14.5. The van der Waals surface area contributed by atoms with Gasteiger partial charge in [-0.05, 0) is 24.8 Å². The molecule has 0 unspecified atom stereocenters. The van der Waals surface area contributed by atoms with E-state index in [1.807, 2.05) is 25.1 Å². The van der Waals surface area contributed by atoms with Gasteiger partial charge < -0.3 is 10.9 Å². The summed E-state index contributed by atoms with van der Waals surface area (Å²) in [5.74, 6) is 1.03. The van der Waals surface area contributed by atoms with Crippen molar-refractivity contribution in [2.24, 2.45) is 10.9 Å². The van der Waals surface area contributed by atoms with Gasteiger partial charge in [-0.15, -0.1) is 22.0 Å². The molecule has 2 aromatic rings. The monoisotopic (exact) mass is 326 g/mol. The molecule has 3 N–H and O–H groups in total. The number of aryl methyl sites for hydroxylation is 1. The highest BCUT2D eigenvalue weighted by molar-refractivity contribution is 8.01. The van der Waals surface area contributed by atoms with Crippen LogP contribution in [0.4, 0.5) is 0 Å². The van der Waals surface area contributed by atoms with Gasteiger partial charge in [0.05, 0.1) is 0 Å². The maximum Gasteiger partial charge on any atom is 0.179 e. The number of nitrogens with two attached hydrogens (primary N) is 1. The Morgan fingerprint density at radius 1 is 1.40 bits per heavy atom. The lowest BCUT2D eigenvalue weighted by Crippen LogP contribution is -2.15. The Labute approximate surface area is 129 Å². The van der Waals surface area contributed by atoms with E-state index in [-0.39, 0.29) is 5.84 Å². The van der Waals surface area contributed by atoms with Crippen LogP contribution in [0.1, 0.15) is 17.5 Å². The van der Waals surface area contributed by atoms with Crippen molar-refractivity contribution in [3.8, 4) is 0 Å². The number of hydrogen-bond donors (Lipinski definition) is 2. The number of amidine groups is 1. The molecule has 20 heavy (non-hydrogen) atoms. The molecule has 0 fully saturated rings. The standard InChI is InChI=1S/C12H14N4OS3/c1-3-18-8-5-4-6-9(10(8)11(13)16-17)20-12-15-14-7(2)19-12/h4-6,17H,3H2,1-2H3,(H2,13,16). The molecule has 0 saturated carbocycles. The summed E-state index contributed by atoms with van der Waals surface area (Å²) in [4.78, 5) is 1.91. The van der Waals surface area contributed by atoms with Gasteiger partial charge in [-0.2, -0.15) is 0 Å². The summed E-state index contributed by atoms with van der Waals surface area (Å²) in [7, 11) is 0. The second-order valence-corrected chi connectivity index (χ2v) is 7.51. The number of aromatic nitrogens is 2. The number of rotatable bonds is 5. The predicted octanol–water partition coefficient (Wildman–Crippen LogP) is 3.20. The molecule has 106 valence electrons. The van der Waals surface area contributed by atoms with Gasteiger partial charge in [-0.25, -0.2) is 0 Å². The molecule has 8 heteroatoms. The number of thioether (sulfide) groups is 1. The van der Waals surface area contributed by atoms with Crippen molar-refractivity contribution in [3.63, 3.8) is 0 Å². The van der Waals surface area contributed by atoms with Crippen molar-refractivity contribution < 1.29 is 5.21 Å². The van der Waals surface area contributed by atoms with Crippen molar-refractivity contribution in [1.82, 2.24) is 10.2 Å². The van der Waals surface area contributed by atoms with Crippen LogP contribution < -0.4 is 5.73 Å². The Morgan fingerprint density at radius 2 is 2.15 bits per heavy atom. The van der Waals surface area contributed by atoms with Crippen LogP contribution in [-0.2, 0) is 0 Å². The molecule has 1 aromatic heterocycles. The van der Waals surface area contributed by atoms with Crippen molar-refractivity contribution in [2.75, 3.05) is 5.75 Å². The number of nitrogens with zero attached hydrogens (tertiary/aromatic N) is 3. The fourth-order valence-electron chi connectivity index (χ4n) is 1.59. The van der Waals surface area contributed by atoms with Gasteiger partial charge >= 0.3 is 0 Å². The highest BCUT2D eigenvalue weighted by atomic mass is 32.2. The van der Waals surface area contributed by atoms with Crippen LogP contribution >= 0.6 is 34.9 Å². The van der Waals surface area contributed by atoms with Gasteiger partial charge in [0, 0.05) is 15.4 Å². The summed E-state index contributed by atoms with van der Waals surface area (Å²) in [6.45, 7) is 3.98. The minimum atomic E-state index is 0.116. The third-order valence-electron chi connectivity index (χ3n) is 2.36. The van der Waals surface area contributed by atoms with Crippen LogP contribution in [0.25, 0.3) is 0 Å². The Kier molecular flexibility index (Phi) is 5.27. The molecular formula is C12H14N4OS3. The highest BCUT2D eigenvalue weighted by Crippen LogP contribution is 2.36. The lowest BCUT2D eigenvalue weighted by Gasteiger charge is -2.11. The average Bonchev–Trinajstić information content (AvgIpc) is 2.84.